The van der Waals surface area contributed by atoms with E-state index in [1.807, 2.05) is 24.1 Å². The smallest absolute Gasteiger partial charge is 0.254 e. The molecule has 1 aliphatic heterocycles. The minimum absolute atomic E-state index is 0.126. The molecule has 0 radical (unpaired) electrons. The highest BCUT2D eigenvalue weighted by molar-refractivity contribution is 5.94. The van der Waals surface area contributed by atoms with Crippen LogP contribution in [0, 0.1) is 0 Å². The largest absolute Gasteiger partial charge is 0.334 e. The Bertz CT molecular complexity index is 471. The first-order valence-corrected chi connectivity index (χ1v) is 7.99. The van der Waals surface area contributed by atoms with Crippen LogP contribution in [0.15, 0.2) is 24.3 Å². The van der Waals surface area contributed by atoms with Gasteiger partial charge in [0.05, 0.1) is 0 Å². The number of nitrogens with one attached hydrogen (secondary N) is 1. The Hall–Kier alpha value is -1.35. The number of likely N-dealkylation sites (N-methyl/N-ethyl adjacent to an activating group) is 1. The van der Waals surface area contributed by atoms with E-state index in [4.69, 9.17) is 0 Å². The first-order valence-electron chi connectivity index (χ1n) is 7.99. The molecule has 3 nitrogen and oxygen atoms in total. The highest BCUT2D eigenvalue weighted by Gasteiger charge is 2.27. The SMILES string of the molecule is CNCC1CCCCN1C(=O)c1ccc(C(C)(C)C)cc1. The second-order valence-electron chi connectivity index (χ2n) is 7.03. The third-order valence-electron chi connectivity index (χ3n) is 4.33. The molecule has 21 heavy (non-hydrogen) atoms. The molecule has 1 fully saturated rings. The van der Waals surface area contributed by atoms with Gasteiger partial charge in [0, 0.05) is 24.7 Å². The number of carbonyl (C=O) groups is 1. The first-order chi connectivity index (χ1) is 9.93. The van der Waals surface area contributed by atoms with E-state index in [9.17, 15) is 4.79 Å². The zero-order chi connectivity index (χ0) is 15.5. The number of benzene rings is 1. The number of likely N-dealkylation sites (tertiary alicyclic amines) is 1. The van der Waals surface area contributed by atoms with E-state index >= 15 is 0 Å². The maximum atomic E-state index is 12.7. The summed E-state index contributed by atoms with van der Waals surface area (Å²) >= 11 is 0. The second kappa shape index (κ2) is 6.61. The lowest BCUT2D eigenvalue weighted by atomic mass is 9.86. The zero-order valence-corrected chi connectivity index (χ0v) is 13.8. The molecule has 0 aromatic heterocycles. The molecule has 3 heteroatoms. The van der Waals surface area contributed by atoms with E-state index in [0.717, 1.165) is 31.5 Å². The average molecular weight is 288 g/mol. The standard InChI is InChI=1S/C18H28N2O/c1-18(2,3)15-10-8-14(9-11-15)17(21)20-12-6-5-7-16(20)13-19-4/h8-11,16,19H,5-7,12-13H2,1-4H3. The van der Waals surface area contributed by atoms with Crippen LogP contribution in [0.25, 0.3) is 0 Å². The van der Waals surface area contributed by atoms with Crippen LogP contribution in [0.4, 0.5) is 0 Å². The molecule has 1 atom stereocenters. The summed E-state index contributed by atoms with van der Waals surface area (Å²) in [5, 5.41) is 3.21. The van der Waals surface area contributed by atoms with Crippen molar-refractivity contribution in [1.29, 1.82) is 0 Å². The monoisotopic (exact) mass is 288 g/mol. The molecule has 1 aliphatic rings. The molecule has 0 bridgehead atoms. The Morgan fingerprint density at radius 1 is 1.24 bits per heavy atom. The lowest BCUT2D eigenvalue weighted by Gasteiger charge is -2.36. The van der Waals surface area contributed by atoms with Crippen LogP contribution in [-0.4, -0.2) is 37.0 Å². The Morgan fingerprint density at radius 3 is 2.48 bits per heavy atom. The van der Waals surface area contributed by atoms with Gasteiger partial charge in [0.1, 0.15) is 0 Å². The van der Waals surface area contributed by atoms with Crippen LogP contribution < -0.4 is 5.32 Å². The van der Waals surface area contributed by atoms with Gasteiger partial charge in [0.2, 0.25) is 0 Å². The van der Waals surface area contributed by atoms with Crippen LogP contribution in [-0.2, 0) is 5.41 Å². The highest BCUT2D eigenvalue weighted by atomic mass is 16.2. The Morgan fingerprint density at radius 2 is 1.90 bits per heavy atom. The van der Waals surface area contributed by atoms with Gasteiger partial charge in [-0.05, 0) is 49.4 Å². The maximum absolute atomic E-state index is 12.7. The number of rotatable bonds is 3. The van der Waals surface area contributed by atoms with E-state index in [1.54, 1.807) is 0 Å². The zero-order valence-electron chi connectivity index (χ0n) is 13.8. The summed E-state index contributed by atoms with van der Waals surface area (Å²) in [5.74, 6) is 0.176. The molecule has 0 spiro atoms. The lowest BCUT2D eigenvalue weighted by Crippen LogP contribution is -2.48. The van der Waals surface area contributed by atoms with Crippen molar-refractivity contribution >= 4 is 5.91 Å². The van der Waals surface area contributed by atoms with E-state index in [0.29, 0.717) is 6.04 Å². The molecule has 116 valence electrons. The van der Waals surface area contributed by atoms with Gasteiger partial charge in [-0.2, -0.15) is 0 Å². The van der Waals surface area contributed by atoms with E-state index in [2.05, 4.69) is 38.2 Å². The van der Waals surface area contributed by atoms with Gasteiger partial charge >= 0.3 is 0 Å². The molecule has 0 saturated carbocycles. The number of carbonyl (C=O) groups excluding carboxylic acids is 1. The predicted molar refractivity (Wildman–Crippen MR) is 87.7 cm³/mol. The van der Waals surface area contributed by atoms with Gasteiger partial charge in [-0.3, -0.25) is 4.79 Å². The molecule has 2 rings (SSSR count). The van der Waals surface area contributed by atoms with Crippen LogP contribution in [0.3, 0.4) is 0 Å². The number of nitrogens with zero attached hydrogens (tertiary/aromatic N) is 1. The Labute approximate surface area is 128 Å². The number of hydrogen-bond donors (Lipinski definition) is 1. The van der Waals surface area contributed by atoms with Crippen molar-refractivity contribution in [3.8, 4) is 0 Å². The average Bonchev–Trinajstić information content (AvgIpc) is 2.47. The molecular formula is C18H28N2O. The van der Waals surface area contributed by atoms with Crippen LogP contribution in [0.5, 0.6) is 0 Å². The van der Waals surface area contributed by atoms with Crippen molar-refractivity contribution < 1.29 is 4.79 Å². The molecule has 1 amide bonds. The van der Waals surface area contributed by atoms with Crippen molar-refractivity contribution in [2.75, 3.05) is 20.1 Å². The Balaban J connectivity index is 2.14. The molecule has 1 unspecified atom stereocenters. The lowest BCUT2D eigenvalue weighted by molar-refractivity contribution is 0.0615. The maximum Gasteiger partial charge on any atom is 0.254 e. The molecule has 1 aromatic carbocycles. The summed E-state index contributed by atoms with van der Waals surface area (Å²) in [6.45, 7) is 8.34. The summed E-state index contributed by atoms with van der Waals surface area (Å²) in [7, 11) is 1.95. The van der Waals surface area contributed by atoms with Gasteiger partial charge < -0.3 is 10.2 Å². The quantitative estimate of drug-likeness (QED) is 0.926. The number of piperidine rings is 1. The predicted octanol–water partition coefficient (Wildman–Crippen LogP) is 3.20. The number of amides is 1. The third kappa shape index (κ3) is 3.85. The van der Waals surface area contributed by atoms with Gasteiger partial charge in [0.15, 0.2) is 0 Å². The molecule has 1 aromatic rings. The topological polar surface area (TPSA) is 32.3 Å². The van der Waals surface area contributed by atoms with E-state index in [1.165, 1.54) is 12.0 Å². The fourth-order valence-corrected chi connectivity index (χ4v) is 2.99. The normalized spacial score (nSPS) is 19.6. The minimum atomic E-state index is 0.126. The van der Waals surface area contributed by atoms with Gasteiger partial charge in [0.25, 0.3) is 5.91 Å². The van der Waals surface area contributed by atoms with E-state index < -0.39 is 0 Å². The van der Waals surface area contributed by atoms with Gasteiger partial charge in [-0.25, -0.2) is 0 Å². The van der Waals surface area contributed by atoms with Crippen LogP contribution >= 0.6 is 0 Å². The van der Waals surface area contributed by atoms with Crippen molar-refractivity contribution in [2.45, 2.75) is 51.5 Å². The van der Waals surface area contributed by atoms with Crippen molar-refractivity contribution in [3.05, 3.63) is 35.4 Å². The molecular weight excluding hydrogens is 260 g/mol. The first kappa shape index (κ1) is 16.0. The van der Waals surface area contributed by atoms with Crippen LogP contribution in [0.2, 0.25) is 0 Å². The summed E-state index contributed by atoms with van der Waals surface area (Å²) in [4.78, 5) is 14.8. The van der Waals surface area contributed by atoms with Gasteiger partial charge in [-0.15, -0.1) is 0 Å². The molecule has 0 aliphatic carbocycles. The van der Waals surface area contributed by atoms with Crippen molar-refractivity contribution in [3.63, 3.8) is 0 Å². The summed E-state index contributed by atoms with van der Waals surface area (Å²) in [6, 6.07) is 8.47. The van der Waals surface area contributed by atoms with Crippen LogP contribution in [0.1, 0.15) is 56.0 Å². The van der Waals surface area contributed by atoms with Crippen molar-refractivity contribution in [2.24, 2.45) is 0 Å². The molecule has 1 saturated heterocycles. The fourth-order valence-electron chi connectivity index (χ4n) is 2.99. The Kier molecular flexibility index (Phi) is 5.04. The summed E-state index contributed by atoms with van der Waals surface area (Å²) < 4.78 is 0. The van der Waals surface area contributed by atoms with E-state index in [-0.39, 0.29) is 11.3 Å². The minimum Gasteiger partial charge on any atom is -0.334 e. The number of hydrogen-bond acceptors (Lipinski definition) is 2. The fraction of sp³-hybridized carbons (Fsp3) is 0.611. The third-order valence-corrected chi connectivity index (χ3v) is 4.33. The highest BCUT2D eigenvalue weighted by Crippen LogP contribution is 2.24. The second-order valence-corrected chi connectivity index (χ2v) is 7.03. The molecule has 1 N–H and O–H groups in total. The summed E-state index contributed by atoms with van der Waals surface area (Å²) in [6.07, 6.45) is 3.44. The molecule has 1 heterocycles. The summed E-state index contributed by atoms with van der Waals surface area (Å²) in [5.41, 5.74) is 2.21. The van der Waals surface area contributed by atoms with Gasteiger partial charge in [-0.1, -0.05) is 32.9 Å². The van der Waals surface area contributed by atoms with Crippen molar-refractivity contribution in [1.82, 2.24) is 10.2 Å².